The van der Waals surface area contributed by atoms with Crippen LogP contribution in [0.5, 0.6) is 0 Å². The molecule has 2 aromatic rings. The van der Waals surface area contributed by atoms with Crippen LogP contribution in [0.25, 0.3) is 16.8 Å². The highest BCUT2D eigenvalue weighted by Crippen LogP contribution is 2.47. The first-order valence-electron chi connectivity index (χ1n) is 7.59. The van der Waals surface area contributed by atoms with Gasteiger partial charge in [-0.05, 0) is 22.4 Å². The van der Waals surface area contributed by atoms with Crippen molar-refractivity contribution in [3.63, 3.8) is 0 Å². The Balaban J connectivity index is 2.67. The van der Waals surface area contributed by atoms with E-state index in [1.165, 1.54) is 18.2 Å². The molecule has 0 spiro atoms. The third kappa shape index (κ3) is 4.37. The Labute approximate surface area is 160 Å². The number of rotatable bonds is 5. The van der Waals surface area contributed by atoms with E-state index in [4.69, 9.17) is 4.55 Å². The molecule has 0 saturated carbocycles. The van der Waals surface area contributed by atoms with Crippen molar-refractivity contribution in [2.45, 2.75) is 18.0 Å². The summed E-state index contributed by atoms with van der Waals surface area (Å²) in [6, 6.07) is 8.32. The van der Waals surface area contributed by atoms with Gasteiger partial charge in [0.1, 0.15) is 5.75 Å². The summed E-state index contributed by atoms with van der Waals surface area (Å²) in [5, 5.41) is 0.797. The lowest BCUT2D eigenvalue weighted by Crippen LogP contribution is -2.63. The van der Waals surface area contributed by atoms with Crippen LogP contribution in [0, 0.1) is 0 Å². The number of esters is 1. The van der Waals surface area contributed by atoms with Gasteiger partial charge in [-0.3, -0.25) is 4.55 Å². The van der Waals surface area contributed by atoms with Gasteiger partial charge < -0.3 is 4.74 Å². The number of carbonyl (C=O) groups is 1. The number of hydrogen-bond donors (Lipinski definition) is 1. The largest absolute Gasteiger partial charge is 0.438 e. The summed E-state index contributed by atoms with van der Waals surface area (Å²) in [7, 11) is -5.86. The van der Waals surface area contributed by atoms with Crippen molar-refractivity contribution in [2.24, 2.45) is 0 Å². The van der Waals surface area contributed by atoms with E-state index in [1.807, 2.05) is 0 Å². The number of hydrogen-bond acceptors (Lipinski definition) is 4. The third-order valence-electron chi connectivity index (χ3n) is 3.96. The lowest BCUT2D eigenvalue weighted by molar-refractivity contribution is -0.356. The van der Waals surface area contributed by atoms with Crippen molar-refractivity contribution in [1.29, 1.82) is 0 Å². The van der Waals surface area contributed by atoms with Gasteiger partial charge in [0.2, 0.25) is 0 Å². The highest BCUT2D eigenvalue weighted by atomic mass is 32.2. The number of fused-ring (bicyclic) bond motifs is 1. The fourth-order valence-electron chi connectivity index (χ4n) is 2.63. The molecule has 5 nitrogen and oxygen atoms in total. The minimum absolute atomic E-state index is 0.113. The zero-order chi connectivity index (χ0) is 22.3. The maximum absolute atomic E-state index is 13.3. The Hall–Kier alpha value is -2.60. The molecule has 2 rings (SSSR count). The lowest BCUT2D eigenvalue weighted by atomic mass is 9.98. The van der Waals surface area contributed by atoms with E-state index in [1.54, 1.807) is 12.1 Å². The first kappa shape index (κ1) is 22.7. The van der Waals surface area contributed by atoms with Gasteiger partial charge >= 0.3 is 23.9 Å². The molecule has 0 heterocycles. The number of halogens is 6. The second-order valence-corrected chi connectivity index (χ2v) is 7.34. The Morgan fingerprint density at radius 1 is 1.03 bits per heavy atom. The van der Waals surface area contributed by atoms with Gasteiger partial charge in [-0.25, -0.2) is 4.79 Å². The van der Waals surface area contributed by atoms with E-state index in [9.17, 15) is 39.6 Å². The van der Waals surface area contributed by atoms with Crippen LogP contribution in [0.15, 0.2) is 43.0 Å². The van der Waals surface area contributed by atoms with E-state index in [0.29, 0.717) is 5.39 Å². The highest BCUT2D eigenvalue weighted by Gasteiger charge is 2.76. The normalized spacial score (nSPS) is 13.3. The molecular formula is C17H12F6O5S. The van der Waals surface area contributed by atoms with Crippen molar-refractivity contribution >= 4 is 32.9 Å². The van der Waals surface area contributed by atoms with Crippen molar-refractivity contribution in [2.75, 3.05) is 5.75 Å². The van der Waals surface area contributed by atoms with Crippen LogP contribution in [-0.2, 0) is 14.9 Å². The predicted molar refractivity (Wildman–Crippen MR) is 90.7 cm³/mol. The lowest BCUT2D eigenvalue weighted by Gasteiger charge is -2.35. The molecule has 0 radical (unpaired) electrons. The second kappa shape index (κ2) is 7.34. The number of carbonyl (C=O) groups excluding carboxylic acids is 1. The van der Waals surface area contributed by atoms with Gasteiger partial charge in [0.25, 0.3) is 10.1 Å². The van der Waals surface area contributed by atoms with E-state index in [2.05, 4.69) is 11.3 Å². The summed E-state index contributed by atoms with van der Waals surface area (Å²) in [4.78, 5) is 12.3. The summed E-state index contributed by atoms with van der Waals surface area (Å²) >= 11 is 0. The molecule has 12 heteroatoms. The molecule has 0 bridgehead atoms. The van der Waals surface area contributed by atoms with Gasteiger partial charge in [0.15, 0.2) is 0 Å². The molecule has 0 unspecified atom stereocenters. The predicted octanol–water partition coefficient (Wildman–Crippen LogP) is 4.39. The Morgan fingerprint density at radius 2 is 1.59 bits per heavy atom. The van der Waals surface area contributed by atoms with E-state index >= 15 is 0 Å². The molecule has 0 aliphatic heterocycles. The van der Waals surface area contributed by atoms with Crippen LogP contribution in [0.2, 0.25) is 0 Å². The number of alkyl halides is 6. The Kier molecular flexibility index (Phi) is 5.74. The number of benzene rings is 2. The SMILES string of the molecule is C=Cc1c(C(=O)OC(CS(=O)(=O)O)(C(F)(F)F)C(F)(F)F)ccc2ccccc12. The van der Waals surface area contributed by atoms with Crippen LogP contribution < -0.4 is 0 Å². The fraction of sp³-hybridized carbons (Fsp3) is 0.235. The van der Waals surface area contributed by atoms with Gasteiger partial charge in [-0.15, -0.1) is 0 Å². The zero-order valence-electron chi connectivity index (χ0n) is 14.2. The maximum atomic E-state index is 13.3. The Morgan fingerprint density at radius 3 is 2.07 bits per heavy atom. The van der Waals surface area contributed by atoms with Gasteiger partial charge in [-0.1, -0.05) is 43.0 Å². The molecule has 0 saturated heterocycles. The standard InChI is InChI=1S/C17H12F6O5S/c1-2-11-12-6-4-3-5-10(12)7-8-13(11)14(24)28-15(16(18,19)20,17(21,22)23)9-29(25,26)27/h2-8H,1,9H2,(H,25,26,27). The molecule has 1 N–H and O–H groups in total. The third-order valence-corrected chi connectivity index (χ3v) is 4.73. The van der Waals surface area contributed by atoms with Gasteiger partial charge in [-0.2, -0.15) is 34.8 Å². The molecule has 0 aliphatic rings. The summed E-state index contributed by atoms with van der Waals surface area (Å²) in [6.45, 7) is 3.39. The number of ether oxygens (including phenoxy) is 1. The zero-order valence-corrected chi connectivity index (χ0v) is 15.0. The van der Waals surface area contributed by atoms with E-state index in [-0.39, 0.29) is 10.9 Å². The quantitative estimate of drug-likeness (QED) is 0.422. The average Bonchev–Trinajstić information content (AvgIpc) is 2.56. The van der Waals surface area contributed by atoms with Crippen LogP contribution in [-0.4, -0.2) is 42.6 Å². The molecule has 2 aromatic carbocycles. The van der Waals surface area contributed by atoms with Crippen molar-refractivity contribution in [3.8, 4) is 0 Å². The summed E-state index contributed by atoms with van der Waals surface area (Å²) < 4.78 is 114. The minimum atomic E-state index is -6.40. The van der Waals surface area contributed by atoms with Crippen LogP contribution in [0.3, 0.4) is 0 Å². The Bertz CT molecular complexity index is 1040. The van der Waals surface area contributed by atoms with Gasteiger partial charge in [0, 0.05) is 0 Å². The molecule has 0 fully saturated rings. The van der Waals surface area contributed by atoms with E-state index in [0.717, 1.165) is 12.1 Å². The van der Waals surface area contributed by atoms with Crippen molar-refractivity contribution in [3.05, 3.63) is 54.1 Å². The first-order chi connectivity index (χ1) is 13.1. The van der Waals surface area contributed by atoms with Crippen LogP contribution in [0.1, 0.15) is 15.9 Å². The van der Waals surface area contributed by atoms with Crippen molar-refractivity contribution in [1.82, 2.24) is 0 Å². The topological polar surface area (TPSA) is 80.7 Å². The first-order valence-corrected chi connectivity index (χ1v) is 9.20. The molecule has 0 amide bonds. The van der Waals surface area contributed by atoms with Crippen LogP contribution >= 0.6 is 0 Å². The fourth-order valence-corrected chi connectivity index (χ4v) is 3.53. The van der Waals surface area contributed by atoms with Crippen LogP contribution in [0.4, 0.5) is 26.3 Å². The molecular weight excluding hydrogens is 430 g/mol. The monoisotopic (exact) mass is 442 g/mol. The average molecular weight is 442 g/mol. The molecule has 158 valence electrons. The minimum Gasteiger partial charge on any atom is -0.435 e. The summed E-state index contributed by atoms with van der Waals surface area (Å²) in [5.74, 6) is -5.04. The second-order valence-electron chi connectivity index (χ2n) is 5.89. The molecule has 0 aliphatic carbocycles. The summed E-state index contributed by atoms with van der Waals surface area (Å²) in [5.41, 5.74) is -6.29. The molecule has 0 aromatic heterocycles. The highest BCUT2D eigenvalue weighted by molar-refractivity contribution is 7.85. The summed E-state index contributed by atoms with van der Waals surface area (Å²) in [6.07, 6.45) is -11.8. The van der Waals surface area contributed by atoms with E-state index < -0.39 is 45.4 Å². The van der Waals surface area contributed by atoms with Gasteiger partial charge in [0.05, 0.1) is 5.56 Å². The maximum Gasteiger partial charge on any atom is 0.438 e. The molecule has 0 atom stereocenters. The smallest absolute Gasteiger partial charge is 0.435 e. The van der Waals surface area contributed by atoms with Crippen molar-refractivity contribution < 1.29 is 48.8 Å². The molecule has 29 heavy (non-hydrogen) atoms.